The number of cyclic esters (lactones) is 1. The first-order valence-corrected chi connectivity index (χ1v) is 9.16. The Morgan fingerprint density at radius 3 is 2.83 bits per heavy atom. The van der Waals surface area contributed by atoms with Crippen molar-refractivity contribution in [1.82, 2.24) is 0 Å². The minimum absolute atomic E-state index is 0.0101. The van der Waals surface area contributed by atoms with Gasteiger partial charge in [0, 0.05) is 19.3 Å². The van der Waals surface area contributed by atoms with Gasteiger partial charge in [-0.05, 0) is 43.9 Å². The van der Waals surface area contributed by atoms with Crippen LogP contribution in [-0.2, 0) is 14.3 Å². The fourth-order valence-corrected chi connectivity index (χ4v) is 4.97. The highest BCUT2D eigenvalue weighted by molar-refractivity contribution is 6.21. The van der Waals surface area contributed by atoms with E-state index in [1.165, 1.54) is 12.8 Å². The van der Waals surface area contributed by atoms with Gasteiger partial charge < -0.3 is 9.47 Å². The predicted octanol–water partition coefficient (Wildman–Crippen LogP) is 4.95. The van der Waals surface area contributed by atoms with Crippen LogP contribution in [0.5, 0.6) is 0 Å². The van der Waals surface area contributed by atoms with E-state index in [1.54, 1.807) is 6.08 Å². The zero-order valence-electron chi connectivity index (χ0n) is 14.4. The van der Waals surface area contributed by atoms with E-state index >= 15 is 0 Å². The second-order valence-electron chi connectivity index (χ2n) is 7.76. The molecule has 23 heavy (non-hydrogen) atoms. The lowest BCUT2D eigenvalue weighted by Gasteiger charge is -2.42. The lowest BCUT2D eigenvalue weighted by molar-refractivity contribution is -0.214. The summed E-state index contributed by atoms with van der Waals surface area (Å²) >= 11 is 6.23. The van der Waals surface area contributed by atoms with Crippen LogP contribution in [0.1, 0.15) is 59.3 Å². The predicted molar refractivity (Wildman–Crippen MR) is 90.9 cm³/mol. The Hall–Kier alpha value is -0.960. The number of rotatable bonds is 5. The van der Waals surface area contributed by atoms with Crippen LogP contribution in [0.15, 0.2) is 24.0 Å². The SMILES string of the molecule is C=CC(Cl)CC[C@@H](C)[C@]12CCC[C@H]1CC1=C2OC(C)(C)OC1=O. The molecule has 1 heterocycles. The van der Waals surface area contributed by atoms with Gasteiger partial charge in [0.25, 0.3) is 0 Å². The summed E-state index contributed by atoms with van der Waals surface area (Å²) in [5, 5.41) is 0.0113. The number of alkyl halides is 1. The number of hydrogen-bond donors (Lipinski definition) is 0. The molecule has 0 aromatic heterocycles. The first-order chi connectivity index (χ1) is 10.8. The van der Waals surface area contributed by atoms with Crippen LogP contribution in [0.25, 0.3) is 0 Å². The van der Waals surface area contributed by atoms with E-state index in [9.17, 15) is 4.79 Å². The Morgan fingerprint density at radius 2 is 2.13 bits per heavy atom. The number of esters is 1. The van der Waals surface area contributed by atoms with Gasteiger partial charge in [0.05, 0.1) is 11.0 Å². The maximum absolute atomic E-state index is 12.4. The molecule has 4 atom stereocenters. The number of fused-ring (bicyclic) bond motifs is 2. The molecule has 0 N–H and O–H groups in total. The lowest BCUT2D eigenvalue weighted by atomic mass is 9.68. The first-order valence-electron chi connectivity index (χ1n) is 8.73. The molecule has 3 aliphatic rings. The van der Waals surface area contributed by atoms with Crippen molar-refractivity contribution in [2.24, 2.45) is 17.3 Å². The molecule has 0 saturated heterocycles. The van der Waals surface area contributed by atoms with E-state index in [0.29, 0.717) is 11.8 Å². The summed E-state index contributed by atoms with van der Waals surface area (Å²) in [5.74, 6) is 0.819. The number of halogens is 1. The fraction of sp³-hybridized carbons (Fsp3) is 0.737. The summed E-state index contributed by atoms with van der Waals surface area (Å²) in [7, 11) is 0. The van der Waals surface area contributed by atoms with E-state index in [1.807, 2.05) is 13.8 Å². The summed E-state index contributed by atoms with van der Waals surface area (Å²) < 4.78 is 11.7. The highest BCUT2D eigenvalue weighted by Gasteiger charge is 2.59. The van der Waals surface area contributed by atoms with E-state index in [4.69, 9.17) is 21.1 Å². The molecule has 2 aliphatic carbocycles. The van der Waals surface area contributed by atoms with Crippen molar-refractivity contribution in [3.05, 3.63) is 24.0 Å². The van der Waals surface area contributed by atoms with Crippen molar-refractivity contribution in [3.63, 3.8) is 0 Å². The zero-order valence-corrected chi connectivity index (χ0v) is 15.1. The van der Waals surface area contributed by atoms with Crippen molar-refractivity contribution >= 4 is 17.6 Å². The van der Waals surface area contributed by atoms with Gasteiger partial charge in [0.15, 0.2) is 0 Å². The van der Waals surface area contributed by atoms with E-state index in [2.05, 4.69) is 13.5 Å². The Balaban J connectivity index is 1.91. The average Bonchev–Trinajstić information content (AvgIpc) is 3.02. The summed E-state index contributed by atoms with van der Waals surface area (Å²) in [6.07, 6.45) is 8.01. The Kier molecular flexibility index (Phi) is 4.29. The maximum atomic E-state index is 12.4. The normalized spacial score (nSPS) is 34.3. The number of carbonyl (C=O) groups is 1. The van der Waals surface area contributed by atoms with Crippen LogP contribution < -0.4 is 0 Å². The molecular weight excluding hydrogens is 312 g/mol. The van der Waals surface area contributed by atoms with Gasteiger partial charge in [0.1, 0.15) is 5.76 Å². The Labute approximate surface area is 144 Å². The highest BCUT2D eigenvalue weighted by Crippen LogP contribution is 2.63. The third kappa shape index (κ3) is 2.71. The van der Waals surface area contributed by atoms with Crippen LogP contribution in [0.3, 0.4) is 0 Å². The van der Waals surface area contributed by atoms with Crippen molar-refractivity contribution in [1.29, 1.82) is 0 Å². The molecule has 0 spiro atoms. The number of ether oxygens (including phenoxy) is 2. The highest BCUT2D eigenvalue weighted by atomic mass is 35.5. The number of allylic oxidation sites excluding steroid dienone is 2. The van der Waals surface area contributed by atoms with Crippen LogP contribution in [-0.4, -0.2) is 17.1 Å². The van der Waals surface area contributed by atoms with Gasteiger partial charge in [-0.25, -0.2) is 4.79 Å². The molecule has 3 rings (SSSR count). The molecule has 1 aliphatic heterocycles. The molecule has 0 bridgehead atoms. The molecular formula is C19H27ClO3. The van der Waals surface area contributed by atoms with Crippen LogP contribution in [0.4, 0.5) is 0 Å². The molecule has 0 radical (unpaired) electrons. The summed E-state index contributed by atoms with van der Waals surface area (Å²) in [5.41, 5.74) is 0.774. The second kappa shape index (κ2) is 5.84. The molecule has 0 aromatic carbocycles. The number of hydrogen-bond acceptors (Lipinski definition) is 3. The van der Waals surface area contributed by atoms with Crippen LogP contribution in [0, 0.1) is 17.3 Å². The molecule has 1 unspecified atom stereocenters. The van der Waals surface area contributed by atoms with Crippen molar-refractivity contribution in [3.8, 4) is 0 Å². The largest absolute Gasteiger partial charge is 0.456 e. The van der Waals surface area contributed by atoms with Gasteiger partial charge in [-0.2, -0.15) is 0 Å². The van der Waals surface area contributed by atoms with Crippen molar-refractivity contribution in [2.45, 2.75) is 70.5 Å². The third-order valence-electron chi connectivity index (χ3n) is 5.96. The Bertz CT molecular complexity index is 551. The second-order valence-corrected chi connectivity index (χ2v) is 8.32. The molecule has 1 saturated carbocycles. The monoisotopic (exact) mass is 338 g/mol. The quantitative estimate of drug-likeness (QED) is 0.404. The fourth-order valence-electron chi connectivity index (χ4n) is 4.85. The van der Waals surface area contributed by atoms with Gasteiger partial charge in [-0.1, -0.05) is 19.4 Å². The summed E-state index contributed by atoms with van der Waals surface area (Å²) in [6, 6.07) is 0. The van der Waals surface area contributed by atoms with E-state index in [-0.39, 0.29) is 16.8 Å². The van der Waals surface area contributed by atoms with Crippen molar-refractivity contribution in [2.75, 3.05) is 0 Å². The van der Waals surface area contributed by atoms with Gasteiger partial charge in [-0.3, -0.25) is 0 Å². The molecule has 128 valence electrons. The molecule has 0 aromatic rings. The lowest BCUT2D eigenvalue weighted by Crippen LogP contribution is -2.41. The topological polar surface area (TPSA) is 35.5 Å². The minimum Gasteiger partial charge on any atom is -0.456 e. The van der Waals surface area contributed by atoms with Gasteiger partial charge in [0.2, 0.25) is 5.79 Å². The molecule has 3 nitrogen and oxygen atoms in total. The maximum Gasteiger partial charge on any atom is 0.340 e. The Morgan fingerprint density at radius 1 is 1.39 bits per heavy atom. The minimum atomic E-state index is -0.865. The number of carbonyl (C=O) groups excluding carboxylic acids is 1. The van der Waals surface area contributed by atoms with Crippen molar-refractivity contribution < 1.29 is 14.3 Å². The average molecular weight is 339 g/mol. The standard InChI is InChI=1S/C19H27ClO3/c1-5-14(20)9-8-12(2)19-10-6-7-13(19)11-15-16(19)22-18(3,4)23-17(15)21/h5,12-14H,1,6-11H2,2-4H3/t12-,13+,14?,19-/m1/s1. The summed E-state index contributed by atoms with van der Waals surface area (Å²) in [6.45, 7) is 9.70. The van der Waals surface area contributed by atoms with Gasteiger partial charge in [-0.15, -0.1) is 18.2 Å². The summed E-state index contributed by atoms with van der Waals surface area (Å²) in [4.78, 5) is 12.4. The van der Waals surface area contributed by atoms with E-state index in [0.717, 1.165) is 37.0 Å². The smallest absolute Gasteiger partial charge is 0.340 e. The van der Waals surface area contributed by atoms with Crippen LogP contribution >= 0.6 is 11.6 Å². The van der Waals surface area contributed by atoms with E-state index < -0.39 is 5.79 Å². The molecule has 4 heteroatoms. The third-order valence-corrected chi connectivity index (χ3v) is 6.36. The van der Waals surface area contributed by atoms with Gasteiger partial charge >= 0.3 is 5.97 Å². The zero-order chi connectivity index (χ0) is 16.8. The molecule has 1 fully saturated rings. The first kappa shape index (κ1) is 16.9. The van der Waals surface area contributed by atoms with Crippen LogP contribution in [0.2, 0.25) is 0 Å². The molecule has 0 amide bonds.